The molecule has 2 nitrogen and oxygen atoms in total. The van der Waals surface area contributed by atoms with E-state index in [0.717, 1.165) is 38.3 Å². The largest absolute Gasteiger partial charge is 0.310 e. The molecule has 0 radical (unpaired) electrons. The second kappa shape index (κ2) is 11.6. The van der Waals surface area contributed by atoms with E-state index in [1.807, 2.05) is 0 Å². The third kappa shape index (κ3) is 5.12. The molecule has 0 amide bonds. The fraction of sp³-hybridized carbons (Fsp3) is 0. The van der Waals surface area contributed by atoms with Gasteiger partial charge in [0.05, 0.1) is 11.0 Å². The van der Waals surface area contributed by atoms with Crippen molar-refractivity contribution >= 4 is 54.8 Å². The lowest BCUT2D eigenvalue weighted by Gasteiger charge is -2.27. The van der Waals surface area contributed by atoms with Crippen molar-refractivity contribution in [2.45, 2.75) is 0 Å². The maximum atomic E-state index is 3.84. The number of benzene rings is 7. The van der Waals surface area contributed by atoms with Gasteiger partial charge in [-0.1, -0.05) is 125 Å². The predicted molar refractivity (Wildman–Crippen MR) is 194 cm³/mol. The van der Waals surface area contributed by atoms with Gasteiger partial charge in [0, 0.05) is 38.0 Å². The molecule has 0 atom stereocenters. The lowest BCUT2D eigenvalue weighted by atomic mass is 10.0. The van der Waals surface area contributed by atoms with Crippen molar-refractivity contribution in [3.63, 3.8) is 0 Å². The first kappa shape index (κ1) is 27.2. The Kier molecular flexibility index (Phi) is 7.01. The Morgan fingerprint density at radius 1 is 0.378 bits per heavy atom. The summed E-state index contributed by atoms with van der Waals surface area (Å²) in [7, 11) is 0. The molecule has 3 heteroatoms. The molecule has 0 fully saturated rings. The summed E-state index contributed by atoms with van der Waals surface area (Å²) in [6.07, 6.45) is 0. The van der Waals surface area contributed by atoms with Crippen LogP contribution in [0.15, 0.2) is 180 Å². The summed E-state index contributed by atoms with van der Waals surface area (Å²) in [5.41, 5.74) is 11.6. The number of fused-ring (bicyclic) bond motifs is 3. The Bertz CT molecular complexity index is 2220. The number of nitrogens with zero attached hydrogens (tertiary/aromatic N) is 2. The SMILES string of the molecule is Brc1cc(-c2ccc(-n3c4ccccc4c4ccccc43)cc2)cc(N(c2ccccc2)c2cccc(-c3ccccc3)c2)c1. The standard InChI is InChI=1S/C42H29BrN2/c43-34-26-33(31-22-24-36(25-23-31)45-41-20-9-7-18-39(41)40-19-8-10-21-42(40)45)28-38(29-34)44(35-15-5-2-6-16-35)37-17-11-14-32(27-37)30-12-3-1-4-13-30/h1-29H. The molecule has 0 saturated carbocycles. The lowest BCUT2D eigenvalue weighted by Crippen LogP contribution is -2.10. The fourth-order valence-electron chi connectivity index (χ4n) is 6.35. The van der Waals surface area contributed by atoms with Gasteiger partial charge in [-0.25, -0.2) is 0 Å². The molecule has 0 saturated heterocycles. The number of para-hydroxylation sites is 3. The molecule has 0 unspecified atom stereocenters. The summed E-state index contributed by atoms with van der Waals surface area (Å²) in [5, 5.41) is 2.54. The number of aromatic nitrogens is 1. The van der Waals surface area contributed by atoms with Gasteiger partial charge >= 0.3 is 0 Å². The predicted octanol–water partition coefficient (Wildman–Crippen LogP) is 12.3. The van der Waals surface area contributed by atoms with Crippen molar-refractivity contribution < 1.29 is 0 Å². The smallest absolute Gasteiger partial charge is 0.0541 e. The van der Waals surface area contributed by atoms with Gasteiger partial charge in [-0.15, -0.1) is 0 Å². The Morgan fingerprint density at radius 3 is 1.60 bits per heavy atom. The van der Waals surface area contributed by atoms with E-state index in [-0.39, 0.29) is 0 Å². The molecule has 0 spiro atoms. The van der Waals surface area contributed by atoms with Crippen LogP contribution in [0.25, 0.3) is 49.7 Å². The zero-order valence-corrected chi connectivity index (χ0v) is 26.1. The van der Waals surface area contributed by atoms with Gasteiger partial charge in [0.2, 0.25) is 0 Å². The van der Waals surface area contributed by atoms with Crippen molar-refractivity contribution in [2.24, 2.45) is 0 Å². The summed E-state index contributed by atoms with van der Waals surface area (Å²) < 4.78 is 3.39. The molecule has 45 heavy (non-hydrogen) atoms. The minimum absolute atomic E-state index is 1.03. The molecule has 1 aromatic heterocycles. The van der Waals surface area contributed by atoms with Crippen LogP contribution in [0.4, 0.5) is 17.1 Å². The van der Waals surface area contributed by atoms with Crippen LogP contribution in [0.2, 0.25) is 0 Å². The van der Waals surface area contributed by atoms with Gasteiger partial charge in [-0.05, 0) is 89.0 Å². The average Bonchev–Trinajstić information content (AvgIpc) is 3.44. The van der Waals surface area contributed by atoms with Crippen LogP contribution in [0, 0.1) is 0 Å². The molecule has 0 aliphatic carbocycles. The average molecular weight is 642 g/mol. The Labute approximate surface area is 271 Å². The molecule has 0 N–H and O–H groups in total. The van der Waals surface area contributed by atoms with Gasteiger partial charge in [-0.3, -0.25) is 0 Å². The Hall–Kier alpha value is -5.38. The summed E-state index contributed by atoms with van der Waals surface area (Å²) in [5.74, 6) is 0. The number of anilines is 3. The maximum absolute atomic E-state index is 3.84. The molecule has 214 valence electrons. The topological polar surface area (TPSA) is 8.17 Å². The van der Waals surface area contributed by atoms with Crippen LogP contribution in [0.3, 0.4) is 0 Å². The summed E-state index contributed by atoms with van der Waals surface area (Å²) in [6, 6.07) is 62.8. The van der Waals surface area contributed by atoms with Crippen molar-refractivity contribution in [3.05, 3.63) is 180 Å². The fourth-order valence-corrected chi connectivity index (χ4v) is 6.83. The van der Waals surface area contributed by atoms with Crippen molar-refractivity contribution in [2.75, 3.05) is 4.90 Å². The zero-order chi connectivity index (χ0) is 30.2. The van der Waals surface area contributed by atoms with Gasteiger partial charge in [0.25, 0.3) is 0 Å². The van der Waals surface area contributed by atoms with E-state index in [0.29, 0.717) is 0 Å². The van der Waals surface area contributed by atoms with E-state index in [4.69, 9.17) is 0 Å². The Balaban J connectivity index is 1.22. The molecular formula is C42H29BrN2. The van der Waals surface area contributed by atoms with E-state index >= 15 is 0 Å². The summed E-state index contributed by atoms with van der Waals surface area (Å²) >= 11 is 3.84. The quantitative estimate of drug-likeness (QED) is 0.175. The monoisotopic (exact) mass is 640 g/mol. The first-order chi connectivity index (χ1) is 22.2. The highest BCUT2D eigenvalue weighted by Crippen LogP contribution is 2.40. The second-order valence-electron chi connectivity index (χ2n) is 11.2. The summed E-state index contributed by atoms with van der Waals surface area (Å²) in [4.78, 5) is 2.33. The van der Waals surface area contributed by atoms with Crippen molar-refractivity contribution in [3.8, 4) is 27.9 Å². The maximum Gasteiger partial charge on any atom is 0.0541 e. The summed E-state index contributed by atoms with van der Waals surface area (Å²) in [6.45, 7) is 0. The van der Waals surface area contributed by atoms with Gasteiger partial charge in [0.1, 0.15) is 0 Å². The van der Waals surface area contributed by atoms with Crippen LogP contribution in [0.1, 0.15) is 0 Å². The van der Waals surface area contributed by atoms with Crippen LogP contribution in [0.5, 0.6) is 0 Å². The molecular weight excluding hydrogens is 612 g/mol. The molecule has 8 rings (SSSR count). The minimum Gasteiger partial charge on any atom is -0.310 e. The van der Waals surface area contributed by atoms with E-state index in [9.17, 15) is 0 Å². The van der Waals surface area contributed by atoms with Crippen LogP contribution in [-0.4, -0.2) is 4.57 Å². The zero-order valence-electron chi connectivity index (χ0n) is 24.5. The van der Waals surface area contributed by atoms with Crippen molar-refractivity contribution in [1.82, 2.24) is 4.57 Å². The number of halogens is 1. The lowest BCUT2D eigenvalue weighted by molar-refractivity contribution is 1.18. The highest BCUT2D eigenvalue weighted by Gasteiger charge is 2.16. The van der Waals surface area contributed by atoms with Gasteiger partial charge < -0.3 is 9.47 Å². The Morgan fingerprint density at radius 2 is 0.911 bits per heavy atom. The second-order valence-corrected chi connectivity index (χ2v) is 12.1. The van der Waals surface area contributed by atoms with Crippen LogP contribution in [-0.2, 0) is 0 Å². The van der Waals surface area contributed by atoms with Gasteiger partial charge in [0.15, 0.2) is 0 Å². The highest BCUT2D eigenvalue weighted by molar-refractivity contribution is 9.10. The first-order valence-corrected chi connectivity index (χ1v) is 15.9. The minimum atomic E-state index is 1.03. The number of hydrogen-bond acceptors (Lipinski definition) is 1. The van der Waals surface area contributed by atoms with Crippen LogP contribution >= 0.6 is 15.9 Å². The number of rotatable bonds is 6. The van der Waals surface area contributed by atoms with Gasteiger partial charge in [-0.2, -0.15) is 0 Å². The van der Waals surface area contributed by atoms with E-state index < -0.39 is 0 Å². The molecule has 0 bridgehead atoms. The normalized spacial score (nSPS) is 11.2. The van der Waals surface area contributed by atoms with E-state index in [2.05, 4.69) is 201 Å². The molecule has 1 heterocycles. The van der Waals surface area contributed by atoms with Crippen molar-refractivity contribution in [1.29, 1.82) is 0 Å². The molecule has 7 aromatic carbocycles. The molecule has 0 aliphatic rings. The van der Waals surface area contributed by atoms with E-state index in [1.54, 1.807) is 0 Å². The molecule has 0 aliphatic heterocycles. The van der Waals surface area contributed by atoms with Crippen LogP contribution < -0.4 is 4.90 Å². The third-order valence-electron chi connectivity index (χ3n) is 8.41. The third-order valence-corrected chi connectivity index (χ3v) is 8.86. The number of hydrogen-bond donors (Lipinski definition) is 0. The van der Waals surface area contributed by atoms with E-state index in [1.165, 1.54) is 32.9 Å². The first-order valence-electron chi connectivity index (χ1n) is 15.1. The molecule has 8 aromatic rings. The highest BCUT2D eigenvalue weighted by atomic mass is 79.9.